The van der Waals surface area contributed by atoms with Crippen molar-refractivity contribution in [3.05, 3.63) is 29.8 Å². The van der Waals surface area contributed by atoms with Crippen LogP contribution in [-0.2, 0) is 0 Å². The largest absolute Gasteiger partial charge is 0.398 e. The molecule has 1 heterocycles. The number of rotatable bonds is 5. The molecule has 1 amide bonds. The summed E-state index contributed by atoms with van der Waals surface area (Å²) in [7, 11) is 0. The first-order valence-electron chi connectivity index (χ1n) is 7.52. The second-order valence-corrected chi connectivity index (χ2v) is 5.72. The first-order chi connectivity index (χ1) is 9.66. The maximum Gasteiger partial charge on any atom is 0.253 e. The number of nitrogen functional groups attached to an aromatic ring is 1. The predicted octanol–water partition coefficient (Wildman–Crippen LogP) is 2.12. The van der Waals surface area contributed by atoms with Gasteiger partial charge in [0.2, 0.25) is 0 Å². The van der Waals surface area contributed by atoms with E-state index in [1.807, 2.05) is 12.1 Å². The summed E-state index contributed by atoms with van der Waals surface area (Å²) < 4.78 is 0. The Morgan fingerprint density at radius 1 is 1.35 bits per heavy atom. The minimum atomic E-state index is -0.0737. The third-order valence-corrected chi connectivity index (χ3v) is 4.02. The molecule has 4 nitrogen and oxygen atoms in total. The van der Waals surface area contributed by atoms with E-state index in [0.29, 0.717) is 17.8 Å². The molecule has 0 radical (unpaired) electrons. The first-order valence-corrected chi connectivity index (χ1v) is 7.52. The molecule has 0 unspecified atom stereocenters. The lowest BCUT2D eigenvalue weighted by Gasteiger charge is -2.30. The third kappa shape index (κ3) is 4.23. The van der Waals surface area contributed by atoms with Crippen molar-refractivity contribution in [1.82, 2.24) is 10.2 Å². The molecule has 0 atom stereocenters. The number of nitrogens with one attached hydrogen (secondary N) is 1. The van der Waals surface area contributed by atoms with Gasteiger partial charge in [0.1, 0.15) is 0 Å². The number of benzene rings is 1. The van der Waals surface area contributed by atoms with Gasteiger partial charge in [0.05, 0.1) is 5.56 Å². The van der Waals surface area contributed by atoms with Gasteiger partial charge < -0.3 is 16.0 Å². The van der Waals surface area contributed by atoms with Crippen LogP contribution in [0.5, 0.6) is 0 Å². The Bertz CT molecular complexity index is 439. The summed E-state index contributed by atoms with van der Waals surface area (Å²) in [6, 6.07) is 7.18. The molecule has 1 aromatic carbocycles. The van der Waals surface area contributed by atoms with Gasteiger partial charge in [-0.05, 0) is 56.9 Å². The molecule has 1 fully saturated rings. The Kier molecular flexibility index (Phi) is 5.41. The van der Waals surface area contributed by atoms with Crippen LogP contribution in [0.4, 0.5) is 5.69 Å². The van der Waals surface area contributed by atoms with E-state index in [4.69, 9.17) is 5.73 Å². The standard InChI is InChI=1S/C16H25N3O/c1-13-7-11-19(12-8-13)10-4-9-18-16(20)14-5-2-3-6-15(14)17/h2-3,5-6,13H,4,7-12,17H2,1H3,(H,18,20). The number of amides is 1. The van der Waals surface area contributed by atoms with Crippen LogP contribution in [0.1, 0.15) is 36.5 Å². The Balaban J connectivity index is 1.66. The molecule has 1 aliphatic rings. The summed E-state index contributed by atoms with van der Waals surface area (Å²) in [5.41, 5.74) is 6.89. The van der Waals surface area contributed by atoms with Gasteiger partial charge in [-0.25, -0.2) is 0 Å². The molecule has 1 aliphatic heterocycles. The van der Waals surface area contributed by atoms with E-state index >= 15 is 0 Å². The molecule has 0 aliphatic carbocycles. The highest BCUT2D eigenvalue weighted by molar-refractivity contribution is 5.98. The van der Waals surface area contributed by atoms with E-state index in [-0.39, 0.29) is 5.91 Å². The molecule has 4 heteroatoms. The summed E-state index contributed by atoms with van der Waals surface area (Å²) in [6.45, 7) is 6.49. The van der Waals surface area contributed by atoms with Crippen molar-refractivity contribution >= 4 is 11.6 Å². The van der Waals surface area contributed by atoms with Gasteiger partial charge >= 0.3 is 0 Å². The molecule has 1 saturated heterocycles. The van der Waals surface area contributed by atoms with Crippen molar-refractivity contribution in [3.63, 3.8) is 0 Å². The fourth-order valence-electron chi connectivity index (χ4n) is 2.59. The molecule has 3 N–H and O–H groups in total. The van der Waals surface area contributed by atoms with E-state index in [9.17, 15) is 4.79 Å². The molecular formula is C16H25N3O. The SMILES string of the molecule is CC1CCN(CCCNC(=O)c2ccccc2N)CC1. The number of hydrogen-bond donors (Lipinski definition) is 2. The lowest BCUT2D eigenvalue weighted by molar-refractivity contribution is 0.0951. The number of para-hydroxylation sites is 1. The van der Waals surface area contributed by atoms with Crippen LogP contribution in [-0.4, -0.2) is 37.0 Å². The van der Waals surface area contributed by atoms with Gasteiger partial charge in [-0.1, -0.05) is 19.1 Å². The van der Waals surface area contributed by atoms with Crippen molar-refractivity contribution in [2.45, 2.75) is 26.2 Å². The number of likely N-dealkylation sites (tertiary alicyclic amines) is 1. The van der Waals surface area contributed by atoms with E-state index < -0.39 is 0 Å². The van der Waals surface area contributed by atoms with E-state index in [1.54, 1.807) is 12.1 Å². The molecule has 0 saturated carbocycles. The molecule has 20 heavy (non-hydrogen) atoms. The molecule has 1 aromatic rings. The number of nitrogens with zero attached hydrogens (tertiary/aromatic N) is 1. The van der Waals surface area contributed by atoms with Crippen LogP contribution < -0.4 is 11.1 Å². The third-order valence-electron chi connectivity index (χ3n) is 4.02. The topological polar surface area (TPSA) is 58.4 Å². The maximum absolute atomic E-state index is 12.0. The highest BCUT2D eigenvalue weighted by Crippen LogP contribution is 2.15. The van der Waals surface area contributed by atoms with Crippen LogP contribution in [0.15, 0.2) is 24.3 Å². The maximum atomic E-state index is 12.0. The van der Waals surface area contributed by atoms with Crippen molar-refractivity contribution in [1.29, 1.82) is 0 Å². The average molecular weight is 275 g/mol. The fourth-order valence-corrected chi connectivity index (χ4v) is 2.59. The van der Waals surface area contributed by atoms with Crippen LogP contribution in [0, 0.1) is 5.92 Å². The lowest BCUT2D eigenvalue weighted by atomic mass is 9.99. The molecule has 2 rings (SSSR count). The summed E-state index contributed by atoms with van der Waals surface area (Å²) in [6.07, 6.45) is 3.59. The second-order valence-electron chi connectivity index (χ2n) is 5.72. The molecule has 0 aromatic heterocycles. The van der Waals surface area contributed by atoms with Crippen molar-refractivity contribution in [2.24, 2.45) is 5.92 Å². The smallest absolute Gasteiger partial charge is 0.253 e. The summed E-state index contributed by atoms with van der Waals surface area (Å²) >= 11 is 0. The highest BCUT2D eigenvalue weighted by atomic mass is 16.1. The Labute approximate surface area is 121 Å². The van der Waals surface area contributed by atoms with Crippen molar-refractivity contribution in [3.8, 4) is 0 Å². The summed E-state index contributed by atoms with van der Waals surface area (Å²) in [5.74, 6) is 0.794. The first kappa shape index (κ1) is 14.9. The van der Waals surface area contributed by atoms with Gasteiger partial charge in [-0.2, -0.15) is 0 Å². The minimum Gasteiger partial charge on any atom is -0.398 e. The normalized spacial score (nSPS) is 17.1. The highest BCUT2D eigenvalue weighted by Gasteiger charge is 2.15. The lowest BCUT2D eigenvalue weighted by Crippen LogP contribution is -2.35. The number of carbonyl (C=O) groups excluding carboxylic acids is 1. The zero-order valence-corrected chi connectivity index (χ0v) is 12.3. The monoisotopic (exact) mass is 275 g/mol. The van der Waals surface area contributed by atoms with E-state index in [2.05, 4.69) is 17.1 Å². The predicted molar refractivity (Wildman–Crippen MR) is 82.6 cm³/mol. The molecule has 110 valence electrons. The van der Waals surface area contributed by atoms with Crippen LogP contribution in [0.25, 0.3) is 0 Å². The van der Waals surface area contributed by atoms with Crippen molar-refractivity contribution in [2.75, 3.05) is 31.9 Å². The van der Waals surface area contributed by atoms with E-state index in [0.717, 1.165) is 18.9 Å². The quantitative estimate of drug-likeness (QED) is 0.639. The Morgan fingerprint density at radius 2 is 2.05 bits per heavy atom. The zero-order chi connectivity index (χ0) is 14.4. The van der Waals surface area contributed by atoms with Gasteiger partial charge in [-0.15, -0.1) is 0 Å². The van der Waals surface area contributed by atoms with Crippen LogP contribution in [0.2, 0.25) is 0 Å². The summed E-state index contributed by atoms with van der Waals surface area (Å²) in [5, 5.41) is 2.94. The number of hydrogen-bond acceptors (Lipinski definition) is 3. The number of piperidine rings is 1. The second kappa shape index (κ2) is 7.29. The molecule has 0 bridgehead atoms. The fraction of sp³-hybridized carbons (Fsp3) is 0.562. The number of nitrogens with two attached hydrogens (primary N) is 1. The van der Waals surface area contributed by atoms with Crippen LogP contribution in [0.3, 0.4) is 0 Å². The molecular weight excluding hydrogens is 250 g/mol. The van der Waals surface area contributed by atoms with Crippen LogP contribution >= 0.6 is 0 Å². The Hall–Kier alpha value is -1.55. The molecule has 0 spiro atoms. The minimum absolute atomic E-state index is 0.0737. The van der Waals surface area contributed by atoms with Crippen molar-refractivity contribution < 1.29 is 4.79 Å². The van der Waals surface area contributed by atoms with Gasteiger partial charge in [0, 0.05) is 12.2 Å². The average Bonchev–Trinajstić information content (AvgIpc) is 2.46. The van der Waals surface area contributed by atoms with Gasteiger partial charge in [-0.3, -0.25) is 4.79 Å². The number of anilines is 1. The summed E-state index contributed by atoms with van der Waals surface area (Å²) in [4.78, 5) is 14.4. The van der Waals surface area contributed by atoms with E-state index in [1.165, 1.54) is 25.9 Å². The van der Waals surface area contributed by atoms with Gasteiger partial charge in [0.25, 0.3) is 5.91 Å². The number of carbonyl (C=O) groups is 1. The Morgan fingerprint density at radius 3 is 2.75 bits per heavy atom. The zero-order valence-electron chi connectivity index (χ0n) is 12.3. The van der Waals surface area contributed by atoms with Gasteiger partial charge in [0.15, 0.2) is 0 Å².